The SMILES string of the molecule is CCC(CO)(CCCN1CCCC1C(C)C)NC. The van der Waals surface area contributed by atoms with Crippen molar-refractivity contribution >= 4 is 0 Å². The van der Waals surface area contributed by atoms with Crippen molar-refractivity contribution in [2.75, 3.05) is 26.7 Å². The largest absolute Gasteiger partial charge is 0.394 e. The zero-order valence-corrected chi connectivity index (χ0v) is 12.7. The highest BCUT2D eigenvalue weighted by Crippen LogP contribution is 2.25. The van der Waals surface area contributed by atoms with Crippen LogP contribution >= 0.6 is 0 Å². The first-order valence-corrected chi connectivity index (χ1v) is 7.62. The van der Waals surface area contributed by atoms with Gasteiger partial charge in [-0.1, -0.05) is 20.8 Å². The molecule has 0 bridgehead atoms. The average Bonchev–Trinajstić information content (AvgIpc) is 2.84. The summed E-state index contributed by atoms with van der Waals surface area (Å²) in [4.78, 5) is 2.65. The number of hydrogen-bond acceptors (Lipinski definition) is 3. The Kier molecular flexibility index (Phi) is 6.61. The van der Waals surface area contributed by atoms with Crippen molar-refractivity contribution in [2.24, 2.45) is 5.92 Å². The van der Waals surface area contributed by atoms with Gasteiger partial charge in [-0.25, -0.2) is 0 Å². The van der Waals surface area contributed by atoms with E-state index in [1.54, 1.807) is 0 Å². The first-order valence-electron chi connectivity index (χ1n) is 7.62. The smallest absolute Gasteiger partial charge is 0.0613 e. The van der Waals surface area contributed by atoms with E-state index in [1.807, 2.05) is 7.05 Å². The third kappa shape index (κ3) is 3.94. The van der Waals surface area contributed by atoms with Crippen molar-refractivity contribution in [3.63, 3.8) is 0 Å². The highest BCUT2D eigenvalue weighted by molar-refractivity contribution is 4.86. The predicted octanol–water partition coefficient (Wildman–Crippen LogP) is 2.25. The molecule has 2 N–H and O–H groups in total. The lowest BCUT2D eigenvalue weighted by Crippen LogP contribution is -2.46. The number of nitrogens with one attached hydrogen (secondary N) is 1. The Morgan fingerprint density at radius 3 is 2.67 bits per heavy atom. The maximum Gasteiger partial charge on any atom is 0.0613 e. The molecule has 0 aliphatic carbocycles. The molecule has 0 saturated carbocycles. The van der Waals surface area contributed by atoms with E-state index in [0.717, 1.165) is 24.8 Å². The molecule has 0 radical (unpaired) electrons. The monoisotopic (exact) mass is 256 g/mol. The number of likely N-dealkylation sites (tertiary alicyclic amines) is 1. The molecule has 18 heavy (non-hydrogen) atoms. The first-order chi connectivity index (χ1) is 8.58. The van der Waals surface area contributed by atoms with Crippen LogP contribution in [0.25, 0.3) is 0 Å². The molecule has 1 rings (SSSR count). The minimum atomic E-state index is -0.0624. The highest BCUT2D eigenvalue weighted by Gasteiger charge is 2.28. The van der Waals surface area contributed by atoms with Crippen molar-refractivity contribution in [1.29, 1.82) is 0 Å². The second-order valence-corrected chi connectivity index (χ2v) is 6.14. The Labute approximate surface area is 113 Å². The van der Waals surface area contributed by atoms with Crippen LogP contribution in [0.4, 0.5) is 0 Å². The summed E-state index contributed by atoms with van der Waals surface area (Å²) in [6.45, 7) is 9.52. The number of aliphatic hydroxyl groups is 1. The summed E-state index contributed by atoms with van der Waals surface area (Å²) in [5.74, 6) is 0.769. The van der Waals surface area contributed by atoms with Crippen LogP contribution in [0, 0.1) is 5.92 Å². The molecule has 3 nitrogen and oxygen atoms in total. The van der Waals surface area contributed by atoms with Crippen LogP contribution in [0.1, 0.15) is 52.9 Å². The third-order valence-electron chi connectivity index (χ3n) is 4.79. The predicted molar refractivity (Wildman–Crippen MR) is 77.8 cm³/mol. The fraction of sp³-hybridized carbons (Fsp3) is 1.00. The van der Waals surface area contributed by atoms with Gasteiger partial charge in [-0.15, -0.1) is 0 Å². The quantitative estimate of drug-likeness (QED) is 0.699. The number of likely N-dealkylation sites (N-methyl/N-ethyl adjacent to an activating group) is 1. The van der Waals surface area contributed by atoms with Crippen LogP contribution in [0.5, 0.6) is 0 Å². The van der Waals surface area contributed by atoms with Crippen LogP contribution in [0.15, 0.2) is 0 Å². The van der Waals surface area contributed by atoms with E-state index < -0.39 is 0 Å². The van der Waals surface area contributed by atoms with Crippen molar-refractivity contribution < 1.29 is 5.11 Å². The maximum atomic E-state index is 9.53. The van der Waals surface area contributed by atoms with E-state index in [2.05, 4.69) is 31.0 Å². The normalized spacial score (nSPS) is 24.7. The number of hydrogen-bond donors (Lipinski definition) is 2. The van der Waals surface area contributed by atoms with Gasteiger partial charge in [-0.3, -0.25) is 0 Å². The summed E-state index contributed by atoms with van der Waals surface area (Å²) in [6.07, 6.45) is 5.96. The van der Waals surface area contributed by atoms with Gasteiger partial charge in [0.1, 0.15) is 0 Å². The molecule has 0 spiro atoms. The molecular formula is C15H32N2O. The van der Waals surface area contributed by atoms with Gasteiger partial charge >= 0.3 is 0 Å². The molecule has 3 heteroatoms. The molecule has 2 unspecified atom stereocenters. The minimum absolute atomic E-state index is 0.0624. The molecule has 0 aromatic rings. The fourth-order valence-corrected chi connectivity index (χ4v) is 3.25. The molecule has 0 aromatic heterocycles. The summed E-state index contributed by atoms with van der Waals surface area (Å²) in [6, 6.07) is 0.782. The number of rotatable bonds is 8. The van der Waals surface area contributed by atoms with E-state index in [4.69, 9.17) is 0 Å². The summed E-state index contributed by atoms with van der Waals surface area (Å²) >= 11 is 0. The maximum absolute atomic E-state index is 9.53. The van der Waals surface area contributed by atoms with Gasteiger partial charge in [0.2, 0.25) is 0 Å². The lowest BCUT2D eigenvalue weighted by molar-refractivity contribution is 0.140. The molecule has 1 aliphatic rings. The van der Waals surface area contributed by atoms with E-state index in [1.165, 1.54) is 32.4 Å². The molecule has 1 heterocycles. The van der Waals surface area contributed by atoms with E-state index in [0.29, 0.717) is 0 Å². The van der Waals surface area contributed by atoms with E-state index in [9.17, 15) is 5.11 Å². The summed E-state index contributed by atoms with van der Waals surface area (Å²) in [5.41, 5.74) is -0.0624. The van der Waals surface area contributed by atoms with Crippen molar-refractivity contribution in [2.45, 2.75) is 64.5 Å². The van der Waals surface area contributed by atoms with Gasteiger partial charge in [0, 0.05) is 11.6 Å². The van der Waals surface area contributed by atoms with Crippen LogP contribution in [0.3, 0.4) is 0 Å². The molecule has 108 valence electrons. The number of nitrogens with zero attached hydrogens (tertiary/aromatic N) is 1. The van der Waals surface area contributed by atoms with Gasteiger partial charge in [0.05, 0.1) is 6.61 Å². The van der Waals surface area contributed by atoms with Crippen molar-refractivity contribution in [3.8, 4) is 0 Å². The fourth-order valence-electron chi connectivity index (χ4n) is 3.25. The zero-order chi connectivity index (χ0) is 13.6. The topological polar surface area (TPSA) is 35.5 Å². The lowest BCUT2D eigenvalue weighted by Gasteiger charge is -2.32. The zero-order valence-electron chi connectivity index (χ0n) is 12.7. The second kappa shape index (κ2) is 7.46. The minimum Gasteiger partial charge on any atom is -0.394 e. The van der Waals surface area contributed by atoms with Gasteiger partial charge in [-0.2, -0.15) is 0 Å². The summed E-state index contributed by atoms with van der Waals surface area (Å²) in [7, 11) is 1.96. The highest BCUT2D eigenvalue weighted by atomic mass is 16.3. The van der Waals surface area contributed by atoms with E-state index >= 15 is 0 Å². The molecule has 1 fully saturated rings. The van der Waals surface area contributed by atoms with Crippen LogP contribution in [0.2, 0.25) is 0 Å². The average molecular weight is 256 g/mol. The summed E-state index contributed by atoms with van der Waals surface area (Å²) in [5, 5.41) is 12.8. The molecule has 0 aromatic carbocycles. The van der Waals surface area contributed by atoms with Crippen LogP contribution in [-0.4, -0.2) is 48.3 Å². The molecule has 1 aliphatic heterocycles. The van der Waals surface area contributed by atoms with Gasteiger partial charge in [0.25, 0.3) is 0 Å². The Bertz CT molecular complexity index is 218. The Hall–Kier alpha value is -0.120. The van der Waals surface area contributed by atoms with Gasteiger partial charge in [0.15, 0.2) is 0 Å². The molecular weight excluding hydrogens is 224 g/mol. The second-order valence-electron chi connectivity index (χ2n) is 6.14. The van der Waals surface area contributed by atoms with E-state index in [-0.39, 0.29) is 12.1 Å². The van der Waals surface area contributed by atoms with Crippen molar-refractivity contribution in [1.82, 2.24) is 10.2 Å². The van der Waals surface area contributed by atoms with Crippen LogP contribution in [-0.2, 0) is 0 Å². The summed E-state index contributed by atoms with van der Waals surface area (Å²) < 4.78 is 0. The van der Waals surface area contributed by atoms with Crippen LogP contribution < -0.4 is 5.32 Å². The third-order valence-corrected chi connectivity index (χ3v) is 4.79. The lowest BCUT2D eigenvalue weighted by atomic mass is 9.91. The molecule has 0 amide bonds. The van der Waals surface area contributed by atoms with Crippen molar-refractivity contribution in [3.05, 3.63) is 0 Å². The number of aliphatic hydroxyl groups excluding tert-OH is 1. The molecule has 2 atom stereocenters. The van der Waals surface area contributed by atoms with Gasteiger partial charge in [-0.05, 0) is 58.2 Å². The Morgan fingerprint density at radius 2 is 2.17 bits per heavy atom. The van der Waals surface area contributed by atoms with Gasteiger partial charge < -0.3 is 15.3 Å². The first kappa shape index (κ1) is 15.9. The standard InChI is InChI=1S/C15H32N2O/c1-5-15(12-18,16-4)9-7-11-17-10-6-8-14(17)13(2)3/h13-14,16,18H,5-12H2,1-4H3. The Balaban J connectivity index is 2.36. The molecule has 1 saturated heterocycles. The Morgan fingerprint density at radius 1 is 1.44 bits per heavy atom.